The first kappa shape index (κ1) is 23.1. The summed E-state index contributed by atoms with van der Waals surface area (Å²) in [6, 6.07) is 8.85. The normalized spacial score (nSPS) is 20.3. The molecule has 0 unspecified atom stereocenters. The van der Waals surface area contributed by atoms with Gasteiger partial charge in [0.25, 0.3) is 0 Å². The number of hydrogen-bond acceptors (Lipinski definition) is 6. The summed E-state index contributed by atoms with van der Waals surface area (Å²) < 4.78 is 17.2. The van der Waals surface area contributed by atoms with Crippen molar-refractivity contribution in [3.05, 3.63) is 29.8 Å². The second kappa shape index (κ2) is 13.1. The van der Waals surface area contributed by atoms with Crippen molar-refractivity contribution in [1.82, 2.24) is 10.6 Å². The van der Waals surface area contributed by atoms with Gasteiger partial charge >= 0.3 is 0 Å². The summed E-state index contributed by atoms with van der Waals surface area (Å²) in [7, 11) is 0. The third-order valence-electron chi connectivity index (χ3n) is 4.78. The van der Waals surface area contributed by atoms with E-state index in [1.165, 1.54) is 11.3 Å². The smallest absolute Gasteiger partial charge is 0.0642 e. The van der Waals surface area contributed by atoms with Crippen molar-refractivity contribution in [2.45, 2.75) is 26.2 Å². The van der Waals surface area contributed by atoms with E-state index in [-0.39, 0.29) is 5.41 Å². The zero-order chi connectivity index (χ0) is 20.1. The Kier molecular flexibility index (Phi) is 10.8. The van der Waals surface area contributed by atoms with Gasteiger partial charge in [0.2, 0.25) is 0 Å². The van der Waals surface area contributed by atoms with Gasteiger partial charge in [0, 0.05) is 45.0 Å². The molecule has 1 aliphatic heterocycles. The molecule has 160 valence electrons. The van der Waals surface area contributed by atoms with Crippen LogP contribution in [0.5, 0.6) is 0 Å². The number of nitrogens with one attached hydrogen (secondary N) is 2. The van der Waals surface area contributed by atoms with Gasteiger partial charge < -0.3 is 29.7 Å². The highest BCUT2D eigenvalue weighted by Crippen LogP contribution is 2.26. The molecule has 0 radical (unpaired) electrons. The predicted molar refractivity (Wildman–Crippen MR) is 116 cm³/mol. The molecule has 2 rings (SSSR count). The summed E-state index contributed by atoms with van der Waals surface area (Å²) in [4.78, 5) is 2.37. The van der Waals surface area contributed by atoms with E-state index in [9.17, 15) is 0 Å². The molecule has 0 atom stereocenters. The summed E-state index contributed by atoms with van der Waals surface area (Å²) in [6.45, 7) is 16.2. The monoisotopic (exact) mass is 393 g/mol. The number of nitrogens with zero attached hydrogens (tertiary/aromatic N) is 1. The number of anilines is 1. The molecule has 0 bridgehead atoms. The van der Waals surface area contributed by atoms with Gasteiger partial charge in [-0.15, -0.1) is 0 Å². The fourth-order valence-corrected chi connectivity index (χ4v) is 3.02. The summed E-state index contributed by atoms with van der Waals surface area (Å²) in [5.41, 5.74) is 2.73. The van der Waals surface area contributed by atoms with Crippen LogP contribution in [0.25, 0.3) is 0 Å². The van der Waals surface area contributed by atoms with Crippen LogP contribution in [-0.4, -0.2) is 78.9 Å². The minimum Gasteiger partial charge on any atom is -0.379 e. The highest BCUT2D eigenvalue weighted by atomic mass is 16.5. The van der Waals surface area contributed by atoms with Gasteiger partial charge in [-0.25, -0.2) is 0 Å². The topological polar surface area (TPSA) is 55.0 Å². The molecule has 1 aromatic rings. The molecule has 0 saturated carbocycles. The van der Waals surface area contributed by atoms with E-state index < -0.39 is 0 Å². The second-order valence-electron chi connectivity index (χ2n) is 8.12. The van der Waals surface area contributed by atoms with Crippen molar-refractivity contribution < 1.29 is 14.2 Å². The molecule has 0 amide bonds. The van der Waals surface area contributed by atoms with Crippen LogP contribution >= 0.6 is 0 Å². The molecular weight excluding hydrogens is 354 g/mol. The Morgan fingerprint density at radius 1 is 0.750 bits per heavy atom. The van der Waals surface area contributed by atoms with Crippen LogP contribution in [0.15, 0.2) is 24.3 Å². The molecular formula is C22H39N3O3. The Labute approximate surface area is 170 Å². The second-order valence-corrected chi connectivity index (χ2v) is 8.12. The molecule has 1 aliphatic rings. The Bertz CT molecular complexity index is 516. The maximum absolute atomic E-state index is 5.83. The maximum atomic E-state index is 5.83. The summed E-state index contributed by atoms with van der Waals surface area (Å²) in [5, 5.41) is 6.71. The summed E-state index contributed by atoms with van der Waals surface area (Å²) in [5.74, 6) is 0. The third-order valence-corrected chi connectivity index (χ3v) is 4.78. The first-order valence-electron chi connectivity index (χ1n) is 10.6. The van der Waals surface area contributed by atoms with E-state index >= 15 is 0 Å². The highest BCUT2D eigenvalue weighted by Gasteiger charge is 2.15. The van der Waals surface area contributed by atoms with Gasteiger partial charge in [0.15, 0.2) is 0 Å². The van der Waals surface area contributed by atoms with Gasteiger partial charge in [0.1, 0.15) is 0 Å². The van der Waals surface area contributed by atoms with Gasteiger partial charge in [-0.2, -0.15) is 0 Å². The van der Waals surface area contributed by atoms with Gasteiger partial charge in [-0.3, -0.25) is 0 Å². The first-order valence-corrected chi connectivity index (χ1v) is 10.6. The van der Waals surface area contributed by atoms with Crippen LogP contribution in [0.3, 0.4) is 0 Å². The van der Waals surface area contributed by atoms with Crippen LogP contribution in [0.2, 0.25) is 0 Å². The Hall–Kier alpha value is -1.18. The molecule has 0 aromatic heterocycles. The Morgan fingerprint density at radius 2 is 1.25 bits per heavy atom. The zero-order valence-electron chi connectivity index (χ0n) is 18.0. The minimum atomic E-state index is 0.140. The first-order chi connectivity index (χ1) is 13.6. The Morgan fingerprint density at radius 3 is 1.75 bits per heavy atom. The third kappa shape index (κ3) is 9.34. The molecule has 1 aromatic carbocycles. The van der Waals surface area contributed by atoms with Crippen LogP contribution < -0.4 is 15.5 Å². The molecule has 6 nitrogen and oxygen atoms in total. The average molecular weight is 394 g/mol. The highest BCUT2D eigenvalue weighted by molar-refractivity contribution is 5.50. The fourth-order valence-electron chi connectivity index (χ4n) is 3.02. The predicted octanol–water partition coefficient (Wildman–Crippen LogP) is 2.03. The maximum Gasteiger partial charge on any atom is 0.0642 e. The van der Waals surface area contributed by atoms with Gasteiger partial charge in [-0.05, 0) is 23.1 Å². The molecule has 1 saturated heterocycles. The van der Waals surface area contributed by atoms with E-state index in [0.29, 0.717) is 26.4 Å². The lowest BCUT2D eigenvalue weighted by Crippen LogP contribution is -2.33. The standard InChI is InChI=1S/C22H39N3O3/c1-22(2,3)20-5-4-6-21(19-20)25-11-17-27-15-9-23-7-13-26-14-8-24-10-16-28-18-12-25/h4-6,19,23-24H,7-18H2,1-3H3. The van der Waals surface area contributed by atoms with Crippen molar-refractivity contribution in [1.29, 1.82) is 0 Å². The van der Waals surface area contributed by atoms with Crippen LogP contribution in [-0.2, 0) is 19.6 Å². The minimum absolute atomic E-state index is 0.140. The average Bonchev–Trinajstić information content (AvgIpc) is 2.67. The molecule has 2 N–H and O–H groups in total. The zero-order valence-corrected chi connectivity index (χ0v) is 18.0. The molecule has 6 heteroatoms. The molecule has 1 heterocycles. The van der Waals surface area contributed by atoms with Crippen molar-refractivity contribution in [3.63, 3.8) is 0 Å². The lowest BCUT2D eigenvalue weighted by molar-refractivity contribution is 0.113. The van der Waals surface area contributed by atoms with Gasteiger partial charge in [0.05, 0.1) is 39.6 Å². The van der Waals surface area contributed by atoms with E-state index in [1.807, 2.05) is 0 Å². The molecule has 0 aliphatic carbocycles. The Balaban J connectivity index is 1.92. The van der Waals surface area contributed by atoms with E-state index in [1.54, 1.807) is 0 Å². The van der Waals surface area contributed by atoms with E-state index in [0.717, 1.165) is 52.5 Å². The molecule has 1 fully saturated rings. The van der Waals surface area contributed by atoms with Crippen molar-refractivity contribution in [3.8, 4) is 0 Å². The number of ether oxygens (including phenoxy) is 3. The summed E-state index contributed by atoms with van der Waals surface area (Å²) >= 11 is 0. The SMILES string of the molecule is CC(C)(C)c1cccc(N2CCOCCNCCOCCNCCOCC2)c1. The number of rotatable bonds is 1. The quantitative estimate of drug-likeness (QED) is 0.762. The van der Waals surface area contributed by atoms with E-state index in [4.69, 9.17) is 14.2 Å². The van der Waals surface area contributed by atoms with Crippen molar-refractivity contribution >= 4 is 5.69 Å². The van der Waals surface area contributed by atoms with Crippen LogP contribution in [0.4, 0.5) is 5.69 Å². The lowest BCUT2D eigenvalue weighted by Gasteiger charge is -2.27. The number of hydrogen-bond donors (Lipinski definition) is 2. The number of benzene rings is 1. The lowest BCUT2D eigenvalue weighted by atomic mass is 9.87. The van der Waals surface area contributed by atoms with E-state index in [2.05, 4.69) is 60.6 Å². The van der Waals surface area contributed by atoms with Gasteiger partial charge in [-0.1, -0.05) is 32.9 Å². The fraction of sp³-hybridized carbons (Fsp3) is 0.727. The van der Waals surface area contributed by atoms with Crippen molar-refractivity contribution in [2.24, 2.45) is 0 Å². The molecule has 28 heavy (non-hydrogen) atoms. The van der Waals surface area contributed by atoms with Crippen LogP contribution in [0, 0.1) is 0 Å². The van der Waals surface area contributed by atoms with Crippen molar-refractivity contribution in [2.75, 3.05) is 83.8 Å². The largest absolute Gasteiger partial charge is 0.379 e. The summed E-state index contributed by atoms with van der Waals surface area (Å²) in [6.07, 6.45) is 0. The van der Waals surface area contributed by atoms with Crippen LogP contribution in [0.1, 0.15) is 26.3 Å². The molecule has 0 spiro atoms.